The summed E-state index contributed by atoms with van der Waals surface area (Å²) in [6.07, 6.45) is 3.96. The topological polar surface area (TPSA) is 20.2 Å². The molecule has 2 rings (SSSR count). The lowest BCUT2D eigenvalue weighted by Crippen LogP contribution is -2.30. The molecular formula is C20H30O. The number of rotatable bonds is 4. The van der Waals surface area contributed by atoms with E-state index in [9.17, 15) is 5.11 Å². The molecule has 1 N–H and O–H groups in total. The lowest BCUT2D eigenvalue weighted by atomic mass is 9.70. The number of hydrogen-bond acceptors (Lipinski definition) is 1. The molecule has 21 heavy (non-hydrogen) atoms. The first-order chi connectivity index (χ1) is 9.81. The maximum Gasteiger partial charge on any atom is 0.0798 e. The summed E-state index contributed by atoms with van der Waals surface area (Å²) >= 11 is 0. The Labute approximate surface area is 130 Å². The summed E-state index contributed by atoms with van der Waals surface area (Å²) in [6, 6.07) is 8.73. The molecule has 1 heteroatoms. The molecule has 1 aromatic carbocycles. The smallest absolute Gasteiger partial charge is 0.0798 e. The van der Waals surface area contributed by atoms with Crippen LogP contribution in [0.2, 0.25) is 0 Å². The Balaban J connectivity index is 2.15. The Hall–Kier alpha value is -1.08. The van der Waals surface area contributed by atoms with E-state index >= 15 is 0 Å². The van der Waals surface area contributed by atoms with Gasteiger partial charge in [0.15, 0.2) is 0 Å². The fraction of sp³-hybridized carbons (Fsp3) is 0.600. The summed E-state index contributed by atoms with van der Waals surface area (Å²) in [5, 5.41) is 10.8. The largest absolute Gasteiger partial charge is 0.388 e. The predicted molar refractivity (Wildman–Crippen MR) is 90.6 cm³/mol. The standard InChI is InChI=1S/C20H30O/c1-14(2)17-10-8-16(9-11-17)13-18(21)19-15(3)7-6-12-20(19,4)5/h8-11,14,18,21H,6-7,12-13H2,1-5H3. The van der Waals surface area contributed by atoms with E-state index in [1.165, 1.54) is 35.1 Å². The minimum atomic E-state index is -0.342. The maximum absolute atomic E-state index is 10.8. The van der Waals surface area contributed by atoms with Crippen molar-refractivity contribution in [1.29, 1.82) is 0 Å². The second kappa shape index (κ2) is 6.36. The van der Waals surface area contributed by atoms with Crippen LogP contribution in [0.5, 0.6) is 0 Å². The minimum absolute atomic E-state index is 0.139. The van der Waals surface area contributed by atoms with Crippen LogP contribution in [0.25, 0.3) is 0 Å². The molecule has 0 bridgehead atoms. The normalized spacial score (nSPS) is 20.0. The molecule has 0 spiro atoms. The molecule has 1 aliphatic rings. The van der Waals surface area contributed by atoms with Crippen molar-refractivity contribution in [3.63, 3.8) is 0 Å². The van der Waals surface area contributed by atoms with E-state index in [2.05, 4.69) is 58.9 Å². The molecule has 0 fully saturated rings. The Bertz CT molecular complexity index is 505. The molecule has 0 heterocycles. The molecule has 0 amide bonds. The quantitative estimate of drug-likeness (QED) is 0.750. The van der Waals surface area contributed by atoms with Gasteiger partial charge < -0.3 is 5.11 Å². The van der Waals surface area contributed by atoms with Crippen LogP contribution in [0.4, 0.5) is 0 Å². The van der Waals surface area contributed by atoms with Crippen molar-refractivity contribution in [2.45, 2.75) is 72.3 Å². The average Bonchev–Trinajstić information content (AvgIpc) is 2.37. The van der Waals surface area contributed by atoms with Gasteiger partial charge in [-0.15, -0.1) is 0 Å². The highest BCUT2D eigenvalue weighted by Crippen LogP contribution is 2.42. The monoisotopic (exact) mass is 286 g/mol. The van der Waals surface area contributed by atoms with Gasteiger partial charge in [-0.05, 0) is 54.2 Å². The summed E-state index contributed by atoms with van der Waals surface area (Å²) in [6.45, 7) is 11.2. The lowest BCUT2D eigenvalue weighted by Gasteiger charge is -2.37. The second-order valence-corrected chi connectivity index (χ2v) is 7.55. The number of benzene rings is 1. The van der Waals surface area contributed by atoms with Gasteiger partial charge in [0.05, 0.1) is 6.10 Å². The fourth-order valence-corrected chi connectivity index (χ4v) is 3.74. The summed E-state index contributed by atoms with van der Waals surface area (Å²) in [7, 11) is 0. The highest BCUT2D eigenvalue weighted by molar-refractivity contribution is 5.30. The van der Waals surface area contributed by atoms with E-state index in [0.717, 1.165) is 12.8 Å². The van der Waals surface area contributed by atoms with Crippen LogP contribution in [0.15, 0.2) is 35.4 Å². The van der Waals surface area contributed by atoms with E-state index < -0.39 is 0 Å². The predicted octanol–water partition coefficient (Wildman–Crippen LogP) is 5.24. The van der Waals surface area contributed by atoms with E-state index in [1.807, 2.05) is 0 Å². The number of allylic oxidation sites excluding steroid dienone is 1. The van der Waals surface area contributed by atoms with E-state index in [1.54, 1.807) is 0 Å². The van der Waals surface area contributed by atoms with Gasteiger partial charge in [-0.3, -0.25) is 0 Å². The van der Waals surface area contributed by atoms with Crippen molar-refractivity contribution < 1.29 is 5.11 Å². The van der Waals surface area contributed by atoms with Crippen molar-refractivity contribution in [2.75, 3.05) is 0 Å². The van der Waals surface area contributed by atoms with Crippen LogP contribution >= 0.6 is 0 Å². The van der Waals surface area contributed by atoms with Crippen molar-refractivity contribution in [2.24, 2.45) is 5.41 Å². The van der Waals surface area contributed by atoms with Gasteiger partial charge in [0.2, 0.25) is 0 Å². The molecule has 1 unspecified atom stereocenters. The van der Waals surface area contributed by atoms with Crippen LogP contribution in [0.1, 0.15) is 70.9 Å². The Morgan fingerprint density at radius 2 is 1.76 bits per heavy atom. The molecule has 0 saturated heterocycles. The van der Waals surface area contributed by atoms with Gasteiger partial charge in [0.1, 0.15) is 0 Å². The minimum Gasteiger partial charge on any atom is -0.388 e. The molecule has 116 valence electrons. The molecular weight excluding hydrogens is 256 g/mol. The molecule has 1 nitrogen and oxygen atoms in total. The zero-order valence-electron chi connectivity index (χ0n) is 14.2. The van der Waals surface area contributed by atoms with Gasteiger partial charge >= 0.3 is 0 Å². The van der Waals surface area contributed by atoms with Crippen molar-refractivity contribution >= 4 is 0 Å². The summed E-state index contributed by atoms with van der Waals surface area (Å²) in [5.41, 5.74) is 5.41. The molecule has 0 aromatic heterocycles. The number of aliphatic hydroxyl groups is 1. The first kappa shape index (κ1) is 16.3. The van der Waals surface area contributed by atoms with Crippen LogP contribution in [-0.4, -0.2) is 11.2 Å². The van der Waals surface area contributed by atoms with Crippen molar-refractivity contribution in [3.8, 4) is 0 Å². The molecule has 1 atom stereocenters. The highest BCUT2D eigenvalue weighted by Gasteiger charge is 2.32. The Morgan fingerprint density at radius 3 is 2.29 bits per heavy atom. The molecule has 1 aliphatic carbocycles. The molecule has 0 aliphatic heterocycles. The van der Waals surface area contributed by atoms with Gasteiger partial charge in [-0.1, -0.05) is 57.5 Å². The van der Waals surface area contributed by atoms with E-state index in [4.69, 9.17) is 0 Å². The highest BCUT2D eigenvalue weighted by atomic mass is 16.3. The summed E-state index contributed by atoms with van der Waals surface area (Å²) in [5.74, 6) is 0.561. The van der Waals surface area contributed by atoms with Gasteiger partial charge in [-0.2, -0.15) is 0 Å². The van der Waals surface area contributed by atoms with Crippen LogP contribution in [0.3, 0.4) is 0 Å². The summed E-state index contributed by atoms with van der Waals surface area (Å²) < 4.78 is 0. The Morgan fingerprint density at radius 1 is 1.14 bits per heavy atom. The molecule has 0 radical (unpaired) electrons. The zero-order valence-corrected chi connectivity index (χ0v) is 14.2. The lowest BCUT2D eigenvalue weighted by molar-refractivity contribution is 0.168. The van der Waals surface area contributed by atoms with E-state index in [-0.39, 0.29) is 11.5 Å². The van der Waals surface area contributed by atoms with Crippen LogP contribution in [0, 0.1) is 5.41 Å². The third-order valence-corrected chi connectivity index (χ3v) is 4.95. The average molecular weight is 286 g/mol. The first-order valence-electron chi connectivity index (χ1n) is 8.28. The maximum atomic E-state index is 10.8. The first-order valence-corrected chi connectivity index (χ1v) is 8.28. The van der Waals surface area contributed by atoms with Crippen LogP contribution in [-0.2, 0) is 6.42 Å². The van der Waals surface area contributed by atoms with Crippen molar-refractivity contribution in [1.82, 2.24) is 0 Å². The molecule has 0 saturated carbocycles. The summed E-state index contributed by atoms with van der Waals surface area (Å²) in [4.78, 5) is 0. The van der Waals surface area contributed by atoms with Crippen LogP contribution < -0.4 is 0 Å². The third kappa shape index (κ3) is 3.77. The van der Waals surface area contributed by atoms with Gasteiger partial charge in [0, 0.05) is 6.42 Å². The SMILES string of the molecule is CC1=C(C(O)Cc2ccc(C(C)C)cc2)C(C)(C)CCC1. The third-order valence-electron chi connectivity index (χ3n) is 4.95. The fourth-order valence-electron chi connectivity index (χ4n) is 3.74. The number of aliphatic hydroxyl groups excluding tert-OH is 1. The van der Waals surface area contributed by atoms with E-state index in [0.29, 0.717) is 5.92 Å². The number of hydrogen-bond donors (Lipinski definition) is 1. The van der Waals surface area contributed by atoms with Crippen molar-refractivity contribution in [3.05, 3.63) is 46.5 Å². The zero-order chi connectivity index (χ0) is 15.6. The Kier molecular flexibility index (Phi) is 4.93. The second-order valence-electron chi connectivity index (χ2n) is 7.55. The van der Waals surface area contributed by atoms with Gasteiger partial charge in [0.25, 0.3) is 0 Å². The molecule has 1 aromatic rings. The van der Waals surface area contributed by atoms with Gasteiger partial charge in [-0.25, -0.2) is 0 Å².